The van der Waals surface area contributed by atoms with Crippen molar-refractivity contribution in [2.24, 2.45) is 5.92 Å². The van der Waals surface area contributed by atoms with E-state index >= 15 is 0 Å². The summed E-state index contributed by atoms with van der Waals surface area (Å²) in [4.78, 5) is 12.6. The second-order valence-electron chi connectivity index (χ2n) is 6.95. The van der Waals surface area contributed by atoms with Crippen molar-refractivity contribution in [3.05, 3.63) is 47.5 Å². The van der Waals surface area contributed by atoms with Crippen molar-refractivity contribution in [3.63, 3.8) is 0 Å². The lowest BCUT2D eigenvalue weighted by atomic mass is 10.0. The molecule has 25 heavy (non-hydrogen) atoms. The molecule has 6 heteroatoms. The number of halogens is 1. The Morgan fingerprint density at radius 2 is 2.08 bits per heavy atom. The first-order chi connectivity index (χ1) is 12.0. The molecule has 134 valence electrons. The Balaban J connectivity index is 1.81. The molecular formula is C19H24FN3O2. The zero-order valence-electron chi connectivity index (χ0n) is 14.6. The average Bonchev–Trinajstić information content (AvgIpc) is 3.20. The van der Waals surface area contributed by atoms with Crippen LogP contribution in [-0.4, -0.2) is 33.4 Å². The van der Waals surface area contributed by atoms with Crippen molar-refractivity contribution in [1.29, 1.82) is 0 Å². The topological polar surface area (TPSA) is 67.2 Å². The van der Waals surface area contributed by atoms with E-state index in [2.05, 4.69) is 10.4 Å². The van der Waals surface area contributed by atoms with Crippen molar-refractivity contribution in [2.45, 2.75) is 45.1 Å². The summed E-state index contributed by atoms with van der Waals surface area (Å²) >= 11 is 0. The third kappa shape index (κ3) is 3.74. The van der Waals surface area contributed by atoms with E-state index in [1.54, 1.807) is 23.0 Å². The molecule has 1 fully saturated rings. The number of rotatable bonds is 5. The van der Waals surface area contributed by atoms with Crippen LogP contribution in [0.25, 0.3) is 5.69 Å². The average molecular weight is 345 g/mol. The van der Waals surface area contributed by atoms with E-state index < -0.39 is 0 Å². The quantitative estimate of drug-likeness (QED) is 0.875. The molecule has 0 radical (unpaired) electrons. The molecule has 1 heterocycles. The maximum Gasteiger partial charge on any atom is 0.254 e. The number of hydrogen-bond donors (Lipinski definition) is 2. The molecule has 5 nitrogen and oxygen atoms in total. The number of amides is 1. The Morgan fingerprint density at radius 1 is 1.36 bits per heavy atom. The van der Waals surface area contributed by atoms with Gasteiger partial charge in [-0.05, 0) is 43.0 Å². The molecule has 0 aliphatic heterocycles. The Morgan fingerprint density at radius 3 is 2.68 bits per heavy atom. The second kappa shape index (κ2) is 7.35. The number of carbonyl (C=O) groups excluding carboxylic acids is 1. The monoisotopic (exact) mass is 345 g/mol. The molecule has 0 spiro atoms. The number of benzene rings is 1. The highest BCUT2D eigenvalue weighted by Gasteiger charge is 2.27. The van der Waals surface area contributed by atoms with Crippen LogP contribution in [0.2, 0.25) is 0 Å². The van der Waals surface area contributed by atoms with Crippen LogP contribution in [0, 0.1) is 11.7 Å². The molecule has 1 aromatic heterocycles. The highest BCUT2D eigenvalue weighted by molar-refractivity contribution is 5.95. The summed E-state index contributed by atoms with van der Waals surface area (Å²) in [5, 5.41) is 17.2. The van der Waals surface area contributed by atoms with E-state index in [9.17, 15) is 14.3 Å². The summed E-state index contributed by atoms with van der Waals surface area (Å²) in [6, 6.07) is 6.04. The first-order valence-electron chi connectivity index (χ1n) is 8.77. The summed E-state index contributed by atoms with van der Waals surface area (Å²) in [5.41, 5.74) is 2.03. The molecule has 3 rings (SSSR count). The lowest BCUT2D eigenvalue weighted by molar-refractivity contribution is 0.0915. The van der Waals surface area contributed by atoms with E-state index in [-0.39, 0.29) is 29.7 Å². The molecule has 1 aromatic carbocycles. The molecule has 2 atom stereocenters. The molecule has 1 aliphatic rings. The molecule has 1 saturated carbocycles. The number of nitrogens with zero attached hydrogens (tertiary/aromatic N) is 2. The van der Waals surface area contributed by atoms with Crippen LogP contribution in [0.1, 0.15) is 55.1 Å². The molecule has 0 saturated heterocycles. The fraction of sp³-hybridized carbons (Fsp3) is 0.474. The Hall–Kier alpha value is -2.21. The van der Waals surface area contributed by atoms with Crippen LogP contribution in [0.4, 0.5) is 4.39 Å². The van der Waals surface area contributed by atoms with Crippen LogP contribution in [0.15, 0.2) is 30.5 Å². The van der Waals surface area contributed by atoms with Gasteiger partial charge in [-0.15, -0.1) is 0 Å². The number of aliphatic hydroxyl groups excluding tert-OH is 1. The van der Waals surface area contributed by atoms with Gasteiger partial charge in [0.1, 0.15) is 5.82 Å². The van der Waals surface area contributed by atoms with Gasteiger partial charge in [-0.25, -0.2) is 9.07 Å². The summed E-state index contributed by atoms with van der Waals surface area (Å²) in [6.45, 7) is 4.46. The number of aliphatic hydroxyl groups is 1. The summed E-state index contributed by atoms with van der Waals surface area (Å²) in [5.74, 6) is -0.296. The molecular weight excluding hydrogens is 321 g/mol. The minimum Gasteiger partial charge on any atom is -0.393 e. The van der Waals surface area contributed by atoms with Crippen molar-refractivity contribution >= 4 is 5.91 Å². The number of carbonyl (C=O) groups is 1. The highest BCUT2D eigenvalue weighted by Crippen LogP contribution is 2.26. The first-order valence-corrected chi connectivity index (χ1v) is 8.77. The fourth-order valence-electron chi connectivity index (χ4n) is 3.45. The predicted molar refractivity (Wildman–Crippen MR) is 93.3 cm³/mol. The Labute approximate surface area is 146 Å². The lowest BCUT2D eigenvalue weighted by Crippen LogP contribution is -2.32. The minimum atomic E-state index is -0.327. The van der Waals surface area contributed by atoms with Crippen LogP contribution in [-0.2, 0) is 0 Å². The van der Waals surface area contributed by atoms with Gasteiger partial charge in [0.15, 0.2) is 0 Å². The third-order valence-electron chi connectivity index (χ3n) is 4.81. The fourth-order valence-corrected chi connectivity index (χ4v) is 3.45. The standard InChI is InChI=1S/C19H24FN3O2/c1-12(2)18-16(19(25)21-10-13-4-3-5-17(13)24)11-22-23(18)15-8-6-14(20)7-9-15/h6-9,11-13,17,24H,3-5,10H2,1-2H3,(H,21,25). The van der Waals surface area contributed by atoms with Crippen molar-refractivity contribution in [1.82, 2.24) is 15.1 Å². The minimum absolute atomic E-state index is 0.0744. The normalized spacial score (nSPS) is 20.2. The summed E-state index contributed by atoms with van der Waals surface area (Å²) < 4.78 is 14.8. The number of hydrogen-bond acceptors (Lipinski definition) is 3. The zero-order chi connectivity index (χ0) is 18.0. The van der Waals surface area contributed by atoms with Gasteiger partial charge in [-0.3, -0.25) is 4.79 Å². The molecule has 1 aliphatic carbocycles. The van der Waals surface area contributed by atoms with Gasteiger partial charge < -0.3 is 10.4 Å². The van der Waals surface area contributed by atoms with Gasteiger partial charge in [0, 0.05) is 12.5 Å². The number of aromatic nitrogens is 2. The van der Waals surface area contributed by atoms with E-state index in [0.29, 0.717) is 12.1 Å². The molecule has 2 N–H and O–H groups in total. The predicted octanol–water partition coefficient (Wildman–Crippen LogP) is 3.03. The second-order valence-corrected chi connectivity index (χ2v) is 6.95. The van der Waals surface area contributed by atoms with Gasteiger partial charge in [0.05, 0.1) is 29.2 Å². The van der Waals surface area contributed by atoms with Crippen LogP contribution in [0.3, 0.4) is 0 Å². The molecule has 2 unspecified atom stereocenters. The van der Waals surface area contributed by atoms with Gasteiger partial charge in [0.25, 0.3) is 5.91 Å². The molecule has 1 amide bonds. The van der Waals surface area contributed by atoms with Crippen molar-refractivity contribution < 1.29 is 14.3 Å². The maximum atomic E-state index is 13.2. The van der Waals surface area contributed by atoms with E-state index in [1.165, 1.54) is 12.1 Å². The van der Waals surface area contributed by atoms with Crippen LogP contribution in [0.5, 0.6) is 0 Å². The maximum absolute atomic E-state index is 13.2. The Bertz CT molecular complexity index is 740. The largest absolute Gasteiger partial charge is 0.393 e. The van der Waals surface area contributed by atoms with Gasteiger partial charge in [0.2, 0.25) is 0 Å². The molecule has 0 bridgehead atoms. The lowest BCUT2D eigenvalue weighted by Gasteiger charge is -2.16. The van der Waals surface area contributed by atoms with E-state index in [4.69, 9.17) is 0 Å². The van der Waals surface area contributed by atoms with Crippen LogP contribution >= 0.6 is 0 Å². The summed E-state index contributed by atoms with van der Waals surface area (Å²) in [6.07, 6.45) is 3.97. The molecule has 2 aromatic rings. The Kier molecular flexibility index (Phi) is 5.18. The zero-order valence-corrected chi connectivity index (χ0v) is 14.6. The van der Waals surface area contributed by atoms with E-state index in [0.717, 1.165) is 30.6 Å². The smallest absolute Gasteiger partial charge is 0.254 e. The third-order valence-corrected chi connectivity index (χ3v) is 4.81. The van der Waals surface area contributed by atoms with Crippen molar-refractivity contribution in [3.8, 4) is 5.69 Å². The van der Waals surface area contributed by atoms with E-state index in [1.807, 2.05) is 13.8 Å². The first kappa shape index (κ1) is 17.6. The number of nitrogens with one attached hydrogen (secondary N) is 1. The van der Waals surface area contributed by atoms with Crippen LogP contribution < -0.4 is 5.32 Å². The SMILES string of the molecule is CC(C)c1c(C(=O)NCC2CCCC2O)cnn1-c1ccc(F)cc1. The van der Waals surface area contributed by atoms with Crippen molar-refractivity contribution in [2.75, 3.05) is 6.54 Å². The van der Waals surface area contributed by atoms with Gasteiger partial charge in [-0.2, -0.15) is 5.10 Å². The summed E-state index contributed by atoms with van der Waals surface area (Å²) in [7, 11) is 0. The highest BCUT2D eigenvalue weighted by atomic mass is 19.1. The van der Waals surface area contributed by atoms with Gasteiger partial charge in [-0.1, -0.05) is 20.3 Å². The van der Waals surface area contributed by atoms with Gasteiger partial charge >= 0.3 is 0 Å².